The standard InChI is InChI=1S/C15H19N3O4S/c1-18(23(2,20)21)10-6-9-16-15(19)14-11-13(17-22-14)12-7-4-3-5-8-12/h3-5,7-8,11H,6,9-10H2,1-2H3,(H,16,19). The van der Waals surface area contributed by atoms with E-state index in [-0.39, 0.29) is 11.7 Å². The molecule has 0 bridgehead atoms. The van der Waals surface area contributed by atoms with Crippen LogP contribution in [0.1, 0.15) is 17.0 Å². The number of hydrogen-bond donors (Lipinski definition) is 1. The second-order valence-electron chi connectivity index (χ2n) is 5.14. The third-order valence-electron chi connectivity index (χ3n) is 3.30. The zero-order valence-corrected chi connectivity index (χ0v) is 13.8. The summed E-state index contributed by atoms with van der Waals surface area (Å²) in [5.41, 5.74) is 1.46. The molecule has 0 saturated carbocycles. The van der Waals surface area contributed by atoms with Gasteiger partial charge in [-0.1, -0.05) is 35.5 Å². The van der Waals surface area contributed by atoms with Crippen LogP contribution in [0.15, 0.2) is 40.9 Å². The van der Waals surface area contributed by atoms with Crippen molar-refractivity contribution in [3.63, 3.8) is 0 Å². The Hall–Kier alpha value is -2.19. The first-order valence-corrected chi connectivity index (χ1v) is 8.94. The number of sulfonamides is 1. The van der Waals surface area contributed by atoms with E-state index in [9.17, 15) is 13.2 Å². The number of carbonyl (C=O) groups excluding carboxylic acids is 1. The van der Waals surface area contributed by atoms with Crippen molar-refractivity contribution in [1.29, 1.82) is 0 Å². The summed E-state index contributed by atoms with van der Waals surface area (Å²) in [7, 11) is -1.69. The number of nitrogens with zero attached hydrogens (tertiary/aromatic N) is 2. The van der Waals surface area contributed by atoms with Crippen molar-refractivity contribution in [3.05, 3.63) is 42.2 Å². The number of nitrogens with one attached hydrogen (secondary N) is 1. The van der Waals surface area contributed by atoms with Gasteiger partial charge in [-0.3, -0.25) is 4.79 Å². The summed E-state index contributed by atoms with van der Waals surface area (Å²) in [4.78, 5) is 12.0. The minimum absolute atomic E-state index is 0.125. The Balaban J connectivity index is 1.84. The maximum Gasteiger partial charge on any atom is 0.289 e. The van der Waals surface area contributed by atoms with Crippen LogP contribution in [0.2, 0.25) is 0 Å². The van der Waals surface area contributed by atoms with E-state index in [0.29, 0.717) is 25.2 Å². The SMILES string of the molecule is CN(CCCNC(=O)c1cc(-c2ccccc2)no1)S(C)(=O)=O. The molecule has 0 unspecified atom stereocenters. The van der Waals surface area contributed by atoms with Crippen LogP contribution in [0.5, 0.6) is 0 Å². The number of rotatable bonds is 7. The van der Waals surface area contributed by atoms with Gasteiger partial charge in [-0.25, -0.2) is 12.7 Å². The molecule has 0 atom stereocenters. The van der Waals surface area contributed by atoms with E-state index in [4.69, 9.17) is 4.52 Å². The summed E-state index contributed by atoms with van der Waals surface area (Å²) >= 11 is 0. The third kappa shape index (κ3) is 4.90. The van der Waals surface area contributed by atoms with Crippen molar-refractivity contribution in [3.8, 4) is 11.3 Å². The van der Waals surface area contributed by atoms with Gasteiger partial charge >= 0.3 is 0 Å². The molecule has 0 spiro atoms. The van der Waals surface area contributed by atoms with Crippen LogP contribution < -0.4 is 5.32 Å². The average molecular weight is 337 g/mol. The first-order chi connectivity index (χ1) is 10.9. The van der Waals surface area contributed by atoms with E-state index < -0.39 is 10.0 Å². The topological polar surface area (TPSA) is 92.5 Å². The molecule has 8 heteroatoms. The van der Waals surface area contributed by atoms with Crippen molar-refractivity contribution in [1.82, 2.24) is 14.8 Å². The monoisotopic (exact) mass is 337 g/mol. The molecule has 124 valence electrons. The minimum Gasteiger partial charge on any atom is -0.350 e. The second kappa shape index (κ2) is 7.38. The Morgan fingerprint density at radius 2 is 2.00 bits per heavy atom. The van der Waals surface area contributed by atoms with Crippen LogP contribution in [0.3, 0.4) is 0 Å². The molecule has 1 aromatic carbocycles. The smallest absolute Gasteiger partial charge is 0.289 e. The molecule has 2 rings (SSSR count). The van der Waals surface area contributed by atoms with Gasteiger partial charge in [-0.05, 0) is 6.42 Å². The first-order valence-electron chi connectivity index (χ1n) is 7.09. The van der Waals surface area contributed by atoms with Gasteiger partial charge in [-0.2, -0.15) is 0 Å². The first kappa shape index (κ1) is 17.2. The summed E-state index contributed by atoms with van der Waals surface area (Å²) < 4.78 is 28.7. The van der Waals surface area contributed by atoms with E-state index in [1.807, 2.05) is 30.3 Å². The normalized spacial score (nSPS) is 11.6. The molecule has 1 amide bonds. The molecule has 0 saturated heterocycles. The molecule has 7 nitrogen and oxygen atoms in total. The van der Waals surface area contributed by atoms with Gasteiger partial charge in [0.05, 0.1) is 6.26 Å². The molecule has 0 radical (unpaired) electrons. The van der Waals surface area contributed by atoms with Crippen LogP contribution in [0, 0.1) is 0 Å². The predicted molar refractivity (Wildman–Crippen MR) is 86.4 cm³/mol. The van der Waals surface area contributed by atoms with E-state index in [0.717, 1.165) is 11.8 Å². The lowest BCUT2D eigenvalue weighted by molar-refractivity contribution is 0.0916. The molecule has 1 aromatic heterocycles. The quantitative estimate of drug-likeness (QED) is 0.770. The van der Waals surface area contributed by atoms with Gasteiger partial charge in [0, 0.05) is 31.8 Å². The Morgan fingerprint density at radius 3 is 2.65 bits per heavy atom. The predicted octanol–water partition coefficient (Wildman–Crippen LogP) is 1.35. The highest BCUT2D eigenvalue weighted by molar-refractivity contribution is 7.88. The fraction of sp³-hybridized carbons (Fsp3) is 0.333. The summed E-state index contributed by atoms with van der Waals surface area (Å²) in [6.07, 6.45) is 1.65. The highest BCUT2D eigenvalue weighted by atomic mass is 32.2. The molecule has 2 aromatic rings. The van der Waals surface area contributed by atoms with Gasteiger partial charge in [0.1, 0.15) is 5.69 Å². The molecule has 0 fully saturated rings. The Morgan fingerprint density at radius 1 is 1.30 bits per heavy atom. The van der Waals surface area contributed by atoms with Gasteiger partial charge < -0.3 is 9.84 Å². The minimum atomic E-state index is -3.19. The van der Waals surface area contributed by atoms with E-state index in [2.05, 4.69) is 10.5 Å². The molecule has 0 aliphatic carbocycles. The summed E-state index contributed by atoms with van der Waals surface area (Å²) in [5.74, 6) is -0.248. The largest absolute Gasteiger partial charge is 0.350 e. The molecular weight excluding hydrogens is 318 g/mol. The van der Waals surface area contributed by atoms with Crippen LogP contribution >= 0.6 is 0 Å². The fourth-order valence-corrected chi connectivity index (χ4v) is 2.34. The zero-order valence-electron chi connectivity index (χ0n) is 13.0. The van der Waals surface area contributed by atoms with E-state index >= 15 is 0 Å². The number of carbonyl (C=O) groups is 1. The van der Waals surface area contributed by atoms with Crippen molar-refractivity contribution < 1.29 is 17.7 Å². The molecule has 0 aliphatic rings. The maximum atomic E-state index is 12.0. The Labute approximate surface area is 135 Å². The number of hydrogen-bond acceptors (Lipinski definition) is 5. The van der Waals surface area contributed by atoms with Crippen molar-refractivity contribution >= 4 is 15.9 Å². The Bertz CT molecular complexity index is 756. The fourth-order valence-electron chi connectivity index (χ4n) is 1.88. The van der Waals surface area contributed by atoms with Crippen LogP contribution in [0.25, 0.3) is 11.3 Å². The van der Waals surface area contributed by atoms with E-state index in [1.54, 1.807) is 6.07 Å². The van der Waals surface area contributed by atoms with Gasteiger partial charge in [0.2, 0.25) is 15.8 Å². The number of benzene rings is 1. The average Bonchev–Trinajstić information content (AvgIpc) is 3.01. The van der Waals surface area contributed by atoms with Gasteiger partial charge in [-0.15, -0.1) is 0 Å². The van der Waals surface area contributed by atoms with Crippen molar-refractivity contribution in [2.75, 3.05) is 26.4 Å². The highest BCUT2D eigenvalue weighted by Crippen LogP contribution is 2.18. The molecule has 1 heterocycles. The Kier molecular flexibility index (Phi) is 5.51. The molecular formula is C15H19N3O4S. The second-order valence-corrected chi connectivity index (χ2v) is 7.23. The summed E-state index contributed by atoms with van der Waals surface area (Å²) in [6, 6.07) is 11.0. The lowest BCUT2D eigenvalue weighted by Crippen LogP contribution is -2.30. The molecule has 1 N–H and O–H groups in total. The summed E-state index contributed by atoms with van der Waals surface area (Å²) in [6.45, 7) is 0.685. The van der Waals surface area contributed by atoms with Crippen LogP contribution in [-0.4, -0.2) is 50.2 Å². The zero-order chi connectivity index (χ0) is 16.9. The summed E-state index contributed by atoms with van der Waals surface area (Å²) in [5, 5.41) is 6.55. The van der Waals surface area contributed by atoms with Crippen LogP contribution in [0.4, 0.5) is 0 Å². The van der Waals surface area contributed by atoms with Crippen molar-refractivity contribution in [2.24, 2.45) is 0 Å². The highest BCUT2D eigenvalue weighted by Gasteiger charge is 2.14. The van der Waals surface area contributed by atoms with E-state index in [1.165, 1.54) is 11.4 Å². The number of amides is 1. The number of aromatic nitrogens is 1. The lowest BCUT2D eigenvalue weighted by atomic mass is 10.1. The lowest BCUT2D eigenvalue weighted by Gasteiger charge is -2.13. The maximum absolute atomic E-state index is 12.0. The van der Waals surface area contributed by atoms with Gasteiger partial charge in [0.25, 0.3) is 5.91 Å². The van der Waals surface area contributed by atoms with Crippen molar-refractivity contribution in [2.45, 2.75) is 6.42 Å². The molecule has 23 heavy (non-hydrogen) atoms. The third-order valence-corrected chi connectivity index (χ3v) is 4.62. The molecule has 0 aliphatic heterocycles. The van der Waals surface area contributed by atoms with Gasteiger partial charge in [0.15, 0.2) is 0 Å². The van der Waals surface area contributed by atoms with Crippen LogP contribution in [-0.2, 0) is 10.0 Å².